The van der Waals surface area contributed by atoms with Gasteiger partial charge < -0.3 is 15.0 Å². The highest BCUT2D eigenvalue weighted by Gasteiger charge is 2.29. The van der Waals surface area contributed by atoms with Gasteiger partial charge in [-0.05, 0) is 66.2 Å². The Morgan fingerprint density at radius 1 is 1.13 bits per heavy atom. The van der Waals surface area contributed by atoms with Crippen molar-refractivity contribution in [3.8, 4) is 0 Å². The van der Waals surface area contributed by atoms with Gasteiger partial charge in [0.05, 0.1) is 13.2 Å². The number of hydrogen-bond donors (Lipinski definition) is 2. The Balaban J connectivity index is 1.42. The highest BCUT2D eigenvalue weighted by molar-refractivity contribution is 8.00. The van der Waals surface area contributed by atoms with Crippen LogP contribution in [0.5, 0.6) is 0 Å². The zero-order valence-electron chi connectivity index (χ0n) is 16.7. The standard InChI is InChI=1S/C22H22F3N3O2S/c23-22(24,25)31-18-4-1-15(2-5-18)21(29)27-17-3-6-20-19(13-17)16(14-26-20)7-8-28-9-11-30-12-10-28/h1-6,13-14,26H,7-12H2,(H,27,29). The van der Waals surface area contributed by atoms with Crippen molar-refractivity contribution < 1.29 is 22.7 Å². The number of ether oxygens (including phenoxy) is 1. The van der Waals surface area contributed by atoms with Crippen LogP contribution in [0.3, 0.4) is 0 Å². The zero-order chi connectivity index (χ0) is 21.8. The molecule has 0 aliphatic carbocycles. The van der Waals surface area contributed by atoms with E-state index in [1.165, 1.54) is 29.8 Å². The first-order valence-electron chi connectivity index (χ1n) is 9.95. The summed E-state index contributed by atoms with van der Waals surface area (Å²) in [6, 6.07) is 11.0. The molecule has 0 unspecified atom stereocenters. The summed E-state index contributed by atoms with van der Waals surface area (Å²) in [4.78, 5) is 18.2. The Morgan fingerprint density at radius 2 is 1.87 bits per heavy atom. The van der Waals surface area contributed by atoms with Crippen molar-refractivity contribution in [1.82, 2.24) is 9.88 Å². The maximum atomic E-state index is 12.5. The lowest BCUT2D eigenvalue weighted by molar-refractivity contribution is -0.0328. The molecule has 1 aliphatic heterocycles. The van der Waals surface area contributed by atoms with Crippen molar-refractivity contribution >= 4 is 34.3 Å². The van der Waals surface area contributed by atoms with E-state index in [9.17, 15) is 18.0 Å². The van der Waals surface area contributed by atoms with Gasteiger partial charge >= 0.3 is 5.51 Å². The highest BCUT2D eigenvalue weighted by atomic mass is 32.2. The molecule has 1 amide bonds. The molecule has 164 valence electrons. The molecule has 0 spiro atoms. The second kappa shape index (κ2) is 9.33. The molecule has 2 N–H and O–H groups in total. The Kier molecular flexibility index (Phi) is 6.54. The fourth-order valence-electron chi connectivity index (χ4n) is 3.58. The molecule has 1 aromatic heterocycles. The molecule has 0 radical (unpaired) electrons. The van der Waals surface area contributed by atoms with Crippen LogP contribution in [-0.2, 0) is 11.2 Å². The van der Waals surface area contributed by atoms with E-state index in [2.05, 4.69) is 15.2 Å². The molecule has 1 fully saturated rings. The Hall–Kier alpha value is -2.49. The number of alkyl halides is 3. The number of fused-ring (bicyclic) bond motifs is 1. The molecule has 0 saturated carbocycles. The Morgan fingerprint density at radius 3 is 2.58 bits per heavy atom. The van der Waals surface area contributed by atoms with Gasteiger partial charge in [0.25, 0.3) is 5.91 Å². The first-order valence-corrected chi connectivity index (χ1v) is 10.8. The number of hydrogen-bond acceptors (Lipinski definition) is 4. The number of carbonyl (C=O) groups is 1. The van der Waals surface area contributed by atoms with Crippen LogP contribution in [0, 0.1) is 0 Å². The van der Waals surface area contributed by atoms with Crippen LogP contribution < -0.4 is 5.32 Å². The molecular weight excluding hydrogens is 427 g/mol. The summed E-state index contributed by atoms with van der Waals surface area (Å²) >= 11 is -0.202. The largest absolute Gasteiger partial charge is 0.446 e. The fraction of sp³-hybridized carbons (Fsp3) is 0.318. The second-order valence-corrected chi connectivity index (χ2v) is 8.44. The average molecular weight is 449 g/mol. The molecular formula is C22H22F3N3O2S. The third kappa shape index (κ3) is 5.81. The van der Waals surface area contributed by atoms with Crippen molar-refractivity contribution in [1.29, 1.82) is 0 Å². The summed E-state index contributed by atoms with van der Waals surface area (Å²) in [5, 5.41) is 3.88. The Labute approximate surface area is 181 Å². The van der Waals surface area contributed by atoms with Gasteiger partial charge in [0, 0.05) is 52.9 Å². The third-order valence-electron chi connectivity index (χ3n) is 5.18. The zero-order valence-corrected chi connectivity index (χ0v) is 17.5. The van der Waals surface area contributed by atoms with E-state index in [4.69, 9.17) is 4.74 Å². The second-order valence-electron chi connectivity index (χ2n) is 7.30. The van der Waals surface area contributed by atoms with Gasteiger partial charge in [0.15, 0.2) is 0 Å². The predicted molar refractivity (Wildman–Crippen MR) is 116 cm³/mol. The number of rotatable bonds is 6. The SMILES string of the molecule is O=C(Nc1ccc2[nH]cc(CCN3CCOCC3)c2c1)c1ccc(SC(F)(F)F)cc1. The number of amides is 1. The summed E-state index contributed by atoms with van der Waals surface area (Å²) in [5.74, 6) is -0.367. The molecule has 2 aromatic carbocycles. The molecule has 9 heteroatoms. The lowest BCUT2D eigenvalue weighted by atomic mass is 10.1. The van der Waals surface area contributed by atoms with Gasteiger partial charge in [-0.15, -0.1) is 0 Å². The van der Waals surface area contributed by atoms with Crippen LogP contribution in [0.15, 0.2) is 53.6 Å². The third-order valence-corrected chi connectivity index (χ3v) is 5.92. The van der Waals surface area contributed by atoms with Crippen molar-refractivity contribution in [2.75, 3.05) is 38.2 Å². The average Bonchev–Trinajstić information content (AvgIpc) is 3.14. The first kappa shape index (κ1) is 21.7. The smallest absolute Gasteiger partial charge is 0.379 e. The summed E-state index contributed by atoms with van der Waals surface area (Å²) in [7, 11) is 0. The van der Waals surface area contributed by atoms with Gasteiger partial charge in [0.1, 0.15) is 0 Å². The minimum Gasteiger partial charge on any atom is -0.379 e. The minimum absolute atomic E-state index is 0.0442. The summed E-state index contributed by atoms with van der Waals surface area (Å²) < 4.78 is 42.8. The van der Waals surface area contributed by atoms with Crippen LogP contribution in [0.4, 0.5) is 18.9 Å². The topological polar surface area (TPSA) is 57.4 Å². The molecule has 1 saturated heterocycles. The fourth-order valence-corrected chi connectivity index (χ4v) is 4.12. The lowest BCUT2D eigenvalue weighted by Crippen LogP contribution is -2.37. The molecule has 4 rings (SSSR count). The maximum absolute atomic E-state index is 12.5. The quantitative estimate of drug-likeness (QED) is 0.526. The van der Waals surface area contributed by atoms with Gasteiger partial charge in [-0.25, -0.2) is 0 Å². The van der Waals surface area contributed by atoms with E-state index in [1.54, 1.807) is 6.07 Å². The Bertz CT molecular complexity index is 1040. The monoisotopic (exact) mass is 449 g/mol. The number of H-pyrrole nitrogens is 1. The normalized spacial score (nSPS) is 15.3. The van der Waals surface area contributed by atoms with Crippen molar-refractivity contribution in [2.45, 2.75) is 16.8 Å². The number of nitrogens with one attached hydrogen (secondary N) is 2. The minimum atomic E-state index is -4.35. The van der Waals surface area contributed by atoms with E-state index in [-0.39, 0.29) is 22.6 Å². The van der Waals surface area contributed by atoms with E-state index in [0.29, 0.717) is 11.3 Å². The number of nitrogens with zero attached hydrogens (tertiary/aromatic N) is 1. The number of halogens is 3. The maximum Gasteiger partial charge on any atom is 0.446 e. The van der Waals surface area contributed by atoms with Crippen molar-refractivity contribution in [3.05, 3.63) is 59.8 Å². The van der Waals surface area contributed by atoms with Crippen LogP contribution in [0.2, 0.25) is 0 Å². The summed E-state index contributed by atoms with van der Waals surface area (Å²) in [6.07, 6.45) is 2.88. The first-order chi connectivity index (χ1) is 14.9. The van der Waals surface area contributed by atoms with Crippen LogP contribution in [-0.4, -0.2) is 54.1 Å². The summed E-state index contributed by atoms with van der Waals surface area (Å²) in [6.45, 7) is 4.34. The molecule has 3 aromatic rings. The van der Waals surface area contributed by atoms with Gasteiger partial charge in [-0.3, -0.25) is 9.69 Å². The molecule has 5 nitrogen and oxygen atoms in total. The number of anilines is 1. The molecule has 2 heterocycles. The lowest BCUT2D eigenvalue weighted by Gasteiger charge is -2.26. The van der Waals surface area contributed by atoms with Crippen LogP contribution in [0.25, 0.3) is 10.9 Å². The van der Waals surface area contributed by atoms with E-state index >= 15 is 0 Å². The van der Waals surface area contributed by atoms with E-state index in [1.807, 2.05) is 18.3 Å². The van der Waals surface area contributed by atoms with Crippen molar-refractivity contribution in [2.24, 2.45) is 0 Å². The van der Waals surface area contributed by atoms with Crippen LogP contribution in [0.1, 0.15) is 15.9 Å². The van der Waals surface area contributed by atoms with Crippen LogP contribution >= 0.6 is 11.8 Å². The number of aromatic amines is 1. The van der Waals surface area contributed by atoms with E-state index < -0.39 is 5.51 Å². The van der Waals surface area contributed by atoms with Gasteiger partial charge in [-0.1, -0.05) is 0 Å². The number of carbonyl (C=O) groups excluding carboxylic acids is 1. The highest BCUT2D eigenvalue weighted by Crippen LogP contribution is 2.36. The van der Waals surface area contributed by atoms with Crippen molar-refractivity contribution in [3.63, 3.8) is 0 Å². The molecule has 0 bridgehead atoms. The van der Waals surface area contributed by atoms with Gasteiger partial charge in [-0.2, -0.15) is 13.2 Å². The molecule has 1 aliphatic rings. The number of benzene rings is 2. The molecule has 0 atom stereocenters. The number of aromatic nitrogens is 1. The predicted octanol–water partition coefficient (Wildman–Crippen LogP) is 4.91. The summed E-state index contributed by atoms with van der Waals surface area (Å²) in [5.41, 5.74) is -1.25. The van der Waals surface area contributed by atoms with E-state index in [0.717, 1.165) is 50.2 Å². The number of morpholine rings is 1. The number of thioether (sulfide) groups is 1. The molecule has 31 heavy (non-hydrogen) atoms. The van der Waals surface area contributed by atoms with Gasteiger partial charge in [0.2, 0.25) is 0 Å².